The van der Waals surface area contributed by atoms with E-state index >= 15 is 0 Å². The van der Waals surface area contributed by atoms with Crippen LogP contribution < -0.4 is 5.43 Å². The Bertz CT molecular complexity index is 814. The Morgan fingerprint density at radius 3 is 2.60 bits per heavy atom. The fraction of sp³-hybridized carbons (Fsp3) is 0.118. The van der Waals surface area contributed by atoms with Gasteiger partial charge in [0.2, 0.25) is 0 Å². The predicted molar refractivity (Wildman–Crippen MR) is 78.1 cm³/mol. The largest absolute Gasteiger partial charge is 0.508 e. The van der Waals surface area contributed by atoms with Crippen molar-refractivity contribution in [3.05, 3.63) is 75.6 Å². The van der Waals surface area contributed by atoms with Crippen LogP contribution in [0.1, 0.15) is 16.7 Å². The Balaban J connectivity index is 2.04. The number of aryl methyl sites for hydroxylation is 1. The van der Waals surface area contributed by atoms with E-state index in [1.165, 1.54) is 24.0 Å². The first kappa shape index (κ1) is 12.5. The lowest BCUT2D eigenvalue weighted by atomic mass is 10.0. The van der Waals surface area contributed by atoms with Crippen LogP contribution in [0, 0.1) is 6.92 Å². The molecule has 0 atom stereocenters. The molecule has 0 saturated carbocycles. The van der Waals surface area contributed by atoms with Gasteiger partial charge in [-0.3, -0.25) is 4.79 Å². The smallest absolute Gasteiger partial charge is 0.196 e. The lowest BCUT2D eigenvalue weighted by Gasteiger charge is -2.04. The van der Waals surface area contributed by atoms with Crippen LogP contribution in [0.4, 0.5) is 0 Å². The molecule has 0 aliphatic carbocycles. The van der Waals surface area contributed by atoms with Crippen molar-refractivity contribution in [3.8, 4) is 5.75 Å². The molecule has 3 nitrogen and oxygen atoms in total. The fourth-order valence-corrected chi connectivity index (χ4v) is 2.21. The van der Waals surface area contributed by atoms with E-state index in [0.29, 0.717) is 23.0 Å². The van der Waals surface area contributed by atoms with Gasteiger partial charge in [-0.15, -0.1) is 0 Å². The molecule has 0 spiro atoms. The van der Waals surface area contributed by atoms with E-state index in [9.17, 15) is 9.90 Å². The van der Waals surface area contributed by atoms with E-state index in [4.69, 9.17) is 4.42 Å². The Labute approximate surface area is 116 Å². The topological polar surface area (TPSA) is 50.4 Å². The lowest BCUT2D eigenvalue weighted by Crippen LogP contribution is -2.09. The highest BCUT2D eigenvalue weighted by Gasteiger charge is 2.08. The molecule has 2 aromatic carbocycles. The van der Waals surface area contributed by atoms with Gasteiger partial charge in [-0.2, -0.15) is 0 Å². The molecular formula is C17H14O3. The van der Waals surface area contributed by atoms with Gasteiger partial charge in [0, 0.05) is 18.1 Å². The molecule has 0 bridgehead atoms. The zero-order chi connectivity index (χ0) is 14.1. The van der Waals surface area contributed by atoms with Crippen molar-refractivity contribution >= 4 is 11.0 Å². The van der Waals surface area contributed by atoms with E-state index in [-0.39, 0.29) is 11.2 Å². The average Bonchev–Trinajstić information content (AvgIpc) is 2.44. The zero-order valence-corrected chi connectivity index (χ0v) is 11.1. The summed E-state index contributed by atoms with van der Waals surface area (Å²) in [6, 6.07) is 12.6. The van der Waals surface area contributed by atoms with Gasteiger partial charge in [-0.1, -0.05) is 29.8 Å². The number of benzene rings is 2. The van der Waals surface area contributed by atoms with Crippen molar-refractivity contribution in [3.63, 3.8) is 0 Å². The van der Waals surface area contributed by atoms with Gasteiger partial charge in [0.25, 0.3) is 0 Å². The lowest BCUT2D eigenvalue weighted by molar-refractivity contribution is 0.474. The molecule has 100 valence electrons. The van der Waals surface area contributed by atoms with Crippen molar-refractivity contribution in [2.45, 2.75) is 13.3 Å². The fourth-order valence-electron chi connectivity index (χ4n) is 2.21. The van der Waals surface area contributed by atoms with E-state index < -0.39 is 0 Å². The van der Waals surface area contributed by atoms with Crippen LogP contribution in [0.2, 0.25) is 0 Å². The van der Waals surface area contributed by atoms with Crippen LogP contribution in [-0.2, 0) is 6.42 Å². The maximum absolute atomic E-state index is 12.4. The summed E-state index contributed by atoms with van der Waals surface area (Å²) in [4.78, 5) is 12.4. The van der Waals surface area contributed by atoms with Gasteiger partial charge in [0.05, 0.1) is 11.6 Å². The molecule has 0 aliphatic heterocycles. The van der Waals surface area contributed by atoms with Gasteiger partial charge in [0.15, 0.2) is 5.43 Å². The third-order valence-electron chi connectivity index (χ3n) is 3.34. The van der Waals surface area contributed by atoms with Crippen molar-refractivity contribution in [1.29, 1.82) is 0 Å². The molecule has 1 heterocycles. The number of rotatable bonds is 2. The molecular weight excluding hydrogens is 252 g/mol. The molecule has 0 aliphatic rings. The Hall–Kier alpha value is -2.55. The summed E-state index contributed by atoms with van der Waals surface area (Å²) >= 11 is 0. The second-order valence-electron chi connectivity index (χ2n) is 4.93. The molecule has 20 heavy (non-hydrogen) atoms. The van der Waals surface area contributed by atoms with Gasteiger partial charge in [-0.05, 0) is 24.6 Å². The van der Waals surface area contributed by atoms with Crippen LogP contribution in [0.15, 0.2) is 57.9 Å². The first-order valence-corrected chi connectivity index (χ1v) is 6.42. The first-order chi connectivity index (χ1) is 9.63. The molecule has 1 N–H and O–H groups in total. The van der Waals surface area contributed by atoms with Gasteiger partial charge in [0.1, 0.15) is 11.3 Å². The maximum atomic E-state index is 12.4. The van der Waals surface area contributed by atoms with Crippen molar-refractivity contribution in [2.75, 3.05) is 0 Å². The summed E-state index contributed by atoms with van der Waals surface area (Å²) in [5, 5.41) is 9.88. The Morgan fingerprint density at radius 2 is 1.85 bits per heavy atom. The van der Waals surface area contributed by atoms with Gasteiger partial charge >= 0.3 is 0 Å². The molecule has 0 amide bonds. The minimum absolute atomic E-state index is 0.0492. The number of hydrogen-bond donors (Lipinski definition) is 1. The molecule has 0 unspecified atom stereocenters. The molecule has 0 fully saturated rings. The normalized spacial score (nSPS) is 10.8. The Morgan fingerprint density at radius 1 is 1.10 bits per heavy atom. The SMILES string of the molecule is Cc1ccc(Cc2coc3cc(O)ccc3c2=O)cc1. The number of fused-ring (bicyclic) bond motifs is 1. The zero-order valence-electron chi connectivity index (χ0n) is 11.1. The maximum Gasteiger partial charge on any atom is 0.196 e. The summed E-state index contributed by atoms with van der Waals surface area (Å²) in [5.41, 5.74) is 3.23. The minimum atomic E-state index is -0.0492. The average molecular weight is 266 g/mol. The number of phenolic OH excluding ortho intramolecular Hbond substituents is 1. The third kappa shape index (κ3) is 2.30. The van der Waals surface area contributed by atoms with Crippen LogP contribution in [0.5, 0.6) is 5.75 Å². The summed E-state index contributed by atoms with van der Waals surface area (Å²) < 4.78 is 5.44. The standard InChI is InChI=1S/C17H14O3/c1-11-2-4-12(5-3-11)8-13-10-20-16-9-14(18)6-7-15(16)17(13)19/h2-7,9-10,18H,8H2,1H3. The number of hydrogen-bond acceptors (Lipinski definition) is 3. The van der Waals surface area contributed by atoms with Crippen LogP contribution in [0.3, 0.4) is 0 Å². The minimum Gasteiger partial charge on any atom is -0.508 e. The van der Waals surface area contributed by atoms with E-state index in [2.05, 4.69) is 0 Å². The quantitative estimate of drug-likeness (QED) is 0.773. The second kappa shape index (κ2) is 4.85. The first-order valence-electron chi connectivity index (χ1n) is 6.42. The van der Waals surface area contributed by atoms with Crippen LogP contribution >= 0.6 is 0 Å². The number of aromatic hydroxyl groups is 1. The summed E-state index contributed by atoms with van der Waals surface area (Å²) in [6.07, 6.45) is 2.02. The molecule has 3 aromatic rings. The second-order valence-corrected chi connectivity index (χ2v) is 4.93. The predicted octanol–water partition coefficient (Wildman–Crippen LogP) is 3.40. The van der Waals surface area contributed by atoms with Crippen LogP contribution in [0.25, 0.3) is 11.0 Å². The Kier molecular flexibility index (Phi) is 3.03. The monoisotopic (exact) mass is 266 g/mol. The highest BCUT2D eigenvalue weighted by Crippen LogP contribution is 2.18. The van der Waals surface area contributed by atoms with Crippen molar-refractivity contribution in [1.82, 2.24) is 0 Å². The van der Waals surface area contributed by atoms with E-state index in [1.807, 2.05) is 31.2 Å². The summed E-state index contributed by atoms with van der Waals surface area (Å²) in [6.45, 7) is 2.03. The van der Waals surface area contributed by atoms with Crippen LogP contribution in [-0.4, -0.2) is 5.11 Å². The highest BCUT2D eigenvalue weighted by molar-refractivity contribution is 5.78. The summed E-state index contributed by atoms with van der Waals surface area (Å²) in [7, 11) is 0. The molecule has 1 aromatic heterocycles. The molecule has 0 radical (unpaired) electrons. The van der Waals surface area contributed by atoms with Gasteiger partial charge < -0.3 is 9.52 Å². The van der Waals surface area contributed by atoms with Crippen molar-refractivity contribution in [2.24, 2.45) is 0 Å². The summed E-state index contributed by atoms with van der Waals surface area (Å²) in [5.74, 6) is 0.0898. The highest BCUT2D eigenvalue weighted by atomic mass is 16.3. The van der Waals surface area contributed by atoms with E-state index in [0.717, 1.165) is 5.56 Å². The van der Waals surface area contributed by atoms with Crippen molar-refractivity contribution < 1.29 is 9.52 Å². The third-order valence-corrected chi connectivity index (χ3v) is 3.34. The molecule has 3 heteroatoms. The molecule has 0 saturated heterocycles. The van der Waals surface area contributed by atoms with Gasteiger partial charge in [-0.25, -0.2) is 0 Å². The number of phenols is 1. The molecule has 3 rings (SSSR count). The van der Waals surface area contributed by atoms with E-state index in [1.54, 1.807) is 6.07 Å².